The molecule has 0 saturated heterocycles. The third-order valence-corrected chi connectivity index (χ3v) is 6.38. The number of rotatable bonds is 13. The molecule has 0 aliphatic carbocycles. The average molecular weight is 608 g/mol. The van der Waals surface area contributed by atoms with Gasteiger partial charge in [0.15, 0.2) is 0 Å². The van der Waals surface area contributed by atoms with Gasteiger partial charge in [0.1, 0.15) is 11.5 Å². The molecular formula is C30H44F3N7O3. The molecule has 0 fully saturated rings. The van der Waals surface area contributed by atoms with Crippen molar-refractivity contribution >= 4 is 17.8 Å². The predicted molar refractivity (Wildman–Crippen MR) is 163 cm³/mol. The number of benzene rings is 2. The fraction of sp³-hybridized carbons (Fsp3) is 0.467. The molecule has 0 aromatic heterocycles. The van der Waals surface area contributed by atoms with Gasteiger partial charge >= 0.3 is 6.36 Å². The molecule has 0 bridgehead atoms. The monoisotopic (exact) mass is 607 g/mol. The van der Waals surface area contributed by atoms with Crippen LogP contribution in [0.25, 0.3) is 0 Å². The predicted octanol–water partition coefficient (Wildman–Crippen LogP) is 5.09. The van der Waals surface area contributed by atoms with Crippen molar-refractivity contribution in [2.75, 3.05) is 26.0 Å². The normalized spacial score (nSPS) is 13.2. The van der Waals surface area contributed by atoms with Gasteiger partial charge < -0.3 is 35.9 Å². The first-order chi connectivity index (χ1) is 19.9. The zero-order chi connectivity index (χ0) is 32.5. The molecule has 238 valence electrons. The number of nitrogens with zero attached hydrogens (tertiary/aromatic N) is 3. The van der Waals surface area contributed by atoms with Crippen LogP contribution < -0.4 is 31.7 Å². The number of alkyl halides is 3. The van der Waals surface area contributed by atoms with E-state index < -0.39 is 18.0 Å². The molecule has 10 nitrogen and oxygen atoms in total. The number of nitrogens with one attached hydrogen (secondary N) is 2. The molecule has 0 radical (unpaired) electrons. The van der Waals surface area contributed by atoms with E-state index in [-0.39, 0.29) is 41.5 Å². The third kappa shape index (κ3) is 11.7. The van der Waals surface area contributed by atoms with E-state index in [9.17, 15) is 18.0 Å². The number of halogens is 3. The molecule has 0 saturated carbocycles. The van der Waals surface area contributed by atoms with E-state index in [2.05, 4.69) is 20.5 Å². The van der Waals surface area contributed by atoms with Gasteiger partial charge in [0.25, 0.3) is 5.91 Å². The number of allylic oxidation sites excluding steroid dienone is 1. The quantitative estimate of drug-likeness (QED) is 0.141. The smallest absolute Gasteiger partial charge is 0.494 e. The van der Waals surface area contributed by atoms with Gasteiger partial charge in [-0.2, -0.15) is 5.10 Å². The second-order valence-corrected chi connectivity index (χ2v) is 11.2. The second kappa shape index (κ2) is 15.0. The molecule has 1 unspecified atom stereocenters. The first kappa shape index (κ1) is 35.2. The first-order valence-corrected chi connectivity index (χ1v) is 13.8. The second-order valence-electron chi connectivity index (χ2n) is 11.2. The SMILES string of the molecule is CCN(C)/N=C\C(C)/C(N)=C/N(N)Cc1cc(C(=O)Nc2cc(OC(F)(F)F)cc(CNC(C)(C)C)c2OC)ccc1C. The Bertz CT molecular complexity index is 1310. The number of carbonyl (C=O) groups is 1. The maximum Gasteiger partial charge on any atom is 0.573 e. The van der Waals surface area contributed by atoms with Crippen molar-refractivity contribution < 1.29 is 27.4 Å². The van der Waals surface area contributed by atoms with E-state index in [4.69, 9.17) is 16.3 Å². The van der Waals surface area contributed by atoms with Crippen LogP contribution in [0.4, 0.5) is 18.9 Å². The molecule has 2 rings (SSSR count). The van der Waals surface area contributed by atoms with Crippen molar-refractivity contribution in [2.45, 2.75) is 66.5 Å². The van der Waals surface area contributed by atoms with Crippen LogP contribution in [0.15, 0.2) is 47.3 Å². The number of anilines is 1. The van der Waals surface area contributed by atoms with Gasteiger partial charge in [-0.3, -0.25) is 4.79 Å². The summed E-state index contributed by atoms with van der Waals surface area (Å²) in [6, 6.07) is 7.36. The summed E-state index contributed by atoms with van der Waals surface area (Å²) >= 11 is 0. The fourth-order valence-corrected chi connectivity index (χ4v) is 3.79. The lowest BCUT2D eigenvalue weighted by atomic mass is 10.0. The number of hydrazone groups is 1. The van der Waals surface area contributed by atoms with Gasteiger partial charge in [0.2, 0.25) is 0 Å². The van der Waals surface area contributed by atoms with E-state index >= 15 is 0 Å². The van der Waals surface area contributed by atoms with Crippen LogP contribution in [0.3, 0.4) is 0 Å². The molecule has 0 aliphatic rings. The summed E-state index contributed by atoms with van der Waals surface area (Å²) in [6.07, 6.45) is -1.58. The summed E-state index contributed by atoms with van der Waals surface area (Å²) in [6.45, 7) is 12.7. The number of methoxy groups -OCH3 is 1. The highest BCUT2D eigenvalue weighted by Gasteiger charge is 2.32. The Balaban J connectivity index is 2.33. The maximum absolute atomic E-state index is 13.3. The summed E-state index contributed by atoms with van der Waals surface area (Å²) < 4.78 is 49.0. The highest BCUT2D eigenvalue weighted by Crippen LogP contribution is 2.36. The van der Waals surface area contributed by atoms with Gasteiger partial charge in [-0.1, -0.05) is 13.0 Å². The molecule has 13 heteroatoms. The van der Waals surface area contributed by atoms with E-state index in [0.29, 0.717) is 11.3 Å². The van der Waals surface area contributed by atoms with E-state index in [1.807, 2.05) is 48.6 Å². The Morgan fingerprint density at radius 3 is 2.42 bits per heavy atom. The number of hydrogen-bond acceptors (Lipinski definition) is 9. The van der Waals surface area contributed by atoms with Crippen molar-refractivity contribution in [1.29, 1.82) is 0 Å². The largest absolute Gasteiger partial charge is 0.573 e. The molecule has 6 N–H and O–H groups in total. The average Bonchev–Trinajstić information content (AvgIpc) is 2.89. The number of hydrazine groups is 1. The van der Waals surface area contributed by atoms with Gasteiger partial charge in [0.05, 0.1) is 19.3 Å². The fourth-order valence-electron chi connectivity index (χ4n) is 3.79. The summed E-state index contributed by atoms with van der Waals surface area (Å²) in [5.41, 5.74) is 8.69. The number of ether oxygens (including phenoxy) is 2. The highest BCUT2D eigenvalue weighted by molar-refractivity contribution is 6.05. The van der Waals surface area contributed by atoms with Crippen LogP contribution >= 0.6 is 0 Å². The molecule has 0 aliphatic heterocycles. The van der Waals surface area contributed by atoms with Gasteiger partial charge in [-0.15, -0.1) is 13.2 Å². The van der Waals surface area contributed by atoms with Gasteiger partial charge in [-0.25, -0.2) is 5.84 Å². The topological polar surface area (TPSA) is 130 Å². The van der Waals surface area contributed by atoms with Crippen LogP contribution in [0.5, 0.6) is 11.5 Å². The molecular weight excluding hydrogens is 563 g/mol. The number of aryl methyl sites for hydroxylation is 1. The van der Waals surface area contributed by atoms with Crippen molar-refractivity contribution in [1.82, 2.24) is 15.3 Å². The summed E-state index contributed by atoms with van der Waals surface area (Å²) in [5, 5.41) is 13.4. The first-order valence-electron chi connectivity index (χ1n) is 13.8. The molecule has 0 spiro atoms. The van der Waals surface area contributed by atoms with Gasteiger partial charge in [0, 0.05) is 66.9 Å². The van der Waals surface area contributed by atoms with Crippen molar-refractivity contribution in [3.05, 3.63) is 64.5 Å². The lowest BCUT2D eigenvalue weighted by Crippen LogP contribution is -2.35. The molecule has 2 aromatic rings. The van der Waals surface area contributed by atoms with Crippen LogP contribution in [-0.2, 0) is 13.1 Å². The van der Waals surface area contributed by atoms with Crippen LogP contribution in [-0.4, -0.2) is 54.7 Å². The number of amides is 1. The minimum Gasteiger partial charge on any atom is -0.494 e. The minimum atomic E-state index is -4.92. The van der Waals surface area contributed by atoms with Gasteiger partial charge in [-0.05, 0) is 63.9 Å². The third-order valence-electron chi connectivity index (χ3n) is 6.38. The molecule has 2 aromatic carbocycles. The lowest BCUT2D eigenvalue weighted by molar-refractivity contribution is -0.274. The van der Waals surface area contributed by atoms with E-state index in [1.165, 1.54) is 18.2 Å². The van der Waals surface area contributed by atoms with Crippen LogP contribution in [0.1, 0.15) is 61.7 Å². The van der Waals surface area contributed by atoms with E-state index in [0.717, 1.165) is 23.7 Å². The summed E-state index contributed by atoms with van der Waals surface area (Å²) in [5.74, 6) is 5.23. The van der Waals surface area contributed by atoms with Crippen molar-refractivity contribution in [3.63, 3.8) is 0 Å². The molecule has 43 heavy (non-hydrogen) atoms. The maximum atomic E-state index is 13.3. The Morgan fingerprint density at radius 1 is 1.16 bits per heavy atom. The highest BCUT2D eigenvalue weighted by atomic mass is 19.4. The standard InChI is InChI=1S/C30H44F3N7O3/c1-9-39(7)37-15-20(3)25(34)18-40(35)17-23-12-21(11-10-19(23)2)28(41)38-26-14-24(43-30(31,32)33)13-22(27(26)42-8)16-36-29(4,5)6/h10-15,18,20,36H,9,16-17,34-35H2,1-8H3,(H,38,41)/b25-18-,37-15-. The van der Waals surface area contributed by atoms with Crippen LogP contribution in [0, 0.1) is 12.8 Å². The van der Waals surface area contributed by atoms with Crippen LogP contribution in [0.2, 0.25) is 0 Å². The summed E-state index contributed by atoms with van der Waals surface area (Å²) in [4.78, 5) is 13.3. The van der Waals surface area contributed by atoms with Crippen molar-refractivity contribution in [3.8, 4) is 11.5 Å². The number of hydrogen-bond donors (Lipinski definition) is 4. The van der Waals surface area contributed by atoms with Crippen molar-refractivity contribution in [2.24, 2.45) is 22.6 Å². The molecule has 1 amide bonds. The zero-order valence-corrected chi connectivity index (χ0v) is 26.1. The minimum absolute atomic E-state index is 0.0302. The molecule has 0 heterocycles. The Labute approximate surface area is 251 Å². The Hall–Kier alpha value is -3.97. The Morgan fingerprint density at radius 2 is 1.84 bits per heavy atom. The summed E-state index contributed by atoms with van der Waals surface area (Å²) in [7, 11) is 3.24. The number of carbonyl (C=O) groups excluding carboxylic acids is 1. The number of nitrogens with two attached hydrogens (primary N) is 2. The Kier molecular flexibility index (Phi) is 12.3. The zero-order valence-electron chi connectivity index (χ0n) is 26.1. The molecule has 1 atom stereocenters. The van der Waals surface area contributed by atoms with E-state index in [1.54, 1.807) is 35.6 Å². The lowest BCUT2D eigenvalue weighted by Gasteiger charge is -2.23.